The number of benzene rings is 1. The van der Waals surface area contributed by atoms with Crippen LogP contribution in [0.4, 0.5) is 5.69 Å². The molecule has 0 aliphatic carbocycles. The number of terminal acetylenes is 1. The number of nitrogen functional groups attached to an aromatic ring is 1. The van der Waals surface area contributed by atoms with E-state index in [4.69, 9.17) is 23.8 Å². The number of rotatable bonds is 2. The topological polar surface area (TPSA) is 26.0 Å². The normalized spacial score (nSPS) is 9.33. The van der Waals surface area contributed by atoms with Crippen molar-refractivity contribution in [2.45, 2.75) is 4.90 Å². The third-order valence-corrected chi connectivity index (χ3v) is 2.78. The van der Waals surface area contributed by atoms with Gasteiger partial charge in [-0.15, -0.1) is 18.2 Å². The quantitative estimate of drug-likeness (QED) is 0.448. The maximum absolute atomic E-state index is 5.90. The van der Waals surface area contributed by atoms with Gasteiger partial charge in [0.1, 0.15) is 0 Å². The lowest BCUT2D eigenvalue weighted by Crippen LogP contribution is -1.88. The zero-order chi connectivity index (χ0) is 8.97. The van der Waals surface area contributed by atoms with Crippen LogP contribution in [0.25, 0.3) is 0 Å². The van der Waals surface area contributed by atoms with Crippen LogP contribution >= 0.6 is 23.4 Å². The Morgan fingerprint density at radius 3 is 2.92 bits per heavy atom. The van der Waals surface area contributed by atoms with Gasteiger partial charge in [-0.05, 0) is 12.1 Å². The Morgan fingerprint density at radius 1 is 1.58 bits per heavy atom. The summed E-state index contributed by atoms with van der Waals surface area (Å²) in [7, 11) is 0. The average Bonchev–Trinajstić information content (AvgIpc) is 2.04. The predicted octanol–water partition coefficient (Wildman–Crippen LogP) is 2.65. The standard InChI is InChI=1S/C9H8ClNS/c1-2-6-12-9-7(10)4-3-5-8(9)11/h1,3-5H,6,11H2. The Balaban J connectivity index is 2.90. The fourth-order valence-electron chi connectivity index (χ4n) is 0.792. The van der Waals surface area contributed by atoms with E-state index in [1.54, 1.807) is 6.07 Å². The summed E-state index contributed by atoms with van der Waals surface area (Å²) >= 11 is 7.38. The first-order valence-corrected chi connectivity index (χ1v) is 4.72. The third kappa shape index (κ3) is 2.10. The molecule has 0 radical (unpaired) electrons. The van der Waals surface area contributed by atoms with Gasteiger partial charge in [0.05, 0.1) is 10.8 Å². The second kappa shape index (κ2) is 4.30. The van der Waals surface area contributed by atoms with Gasteiger partial charge in [-0.25, -0.2) is 0 Å². The molecule has 0 atom stereocenters. The summed E-state index contributed by atoms with van der Waals surface area (Å²) in [5.41, 5.74) is 6.37. The molecule has 3 heteroatoms. The van der Waals surface area contributed by atoms with E-state index in [0.29, 0.717) is 16.5 Å². The van der Waals surface area contributed by atoms with E-state index in [1.165, 1.54) is 11.8 Å². The van der Waals surface area contributed by atoms with Gasteiger partial charge in [0, 0.05) is 10.6 Å². The molecule has 0 unspecified atom stereocenters. The summed E-state index contributed by atoms with van der Waals surface area (Å²) in [4.78, 5) is 0.872. The second-order valence-electron chi connectivity index (χ2n) is 2.15. The zero-order valence-electron chi connectivity index (χ0n) is 6.38. The highest BCUT2D eigenvalue weighted by molar-refractivity contribution is 7.99. The summed E-state index contributed by atoms with van der Waals surface area (Å²) in [6, 6.07) is 5.43. The molecule has 12 heavy (non-hydrogen) atoms. The first-order valence-electron chi connectivity index (χ1n) is 3.36. The SMILES string of the molecule is C#CCSc1c(N)cccc1Cl. The number of anilines is 1. The molecule has 0 saturated carbocycles. The van der Waals surface area contributed by atoms with Gasteiger partial charge in [0.2, 0.25) is 0 Å². The maximum atomic E-state index is 5.90. The van der Waals surface area contributed by atoms with Crippen molar-refractivity contribution in [3.63, 3.8) is 0 Å². The molecule has 0 spiro atoms. The molecule has 1 aromatic rings. The van der Waals surface area contributed by atoms with Gasteiger partial charge in [-0.3, -0.25) is 0 Å². The smallest absolute Gasteiger partial charge is 0.0593 e. The van der Waals surface area contributed by atoms with Crippen LogP contribution in [0.2, 0.25) is 5.02 Å². The highest BCUT2D eigenvalue weighted by atomic mass is 35.5. The largest absolute Gasteiger partial charge is 0.398 e. The van der Waals surface area contributed by atoms with Crippen LogP contribution in [0, 0.1) is 12.3 Å². The fourth-order valence-corrected chi connectivity index (χ4v) is 1.81. The van der Waals surface area contributed by atoms with E-state index >= 15 is 0 Å². The van der Waals surface area contributed by atoms with Crippen molar-refractivity contribution in [3.05, 3.63) is 23.2 Å². The van der Waals surface area contributed by atoms with Crippen molar-refractivity contribution in [1.82, 2.24) is 0 Å². The van der Waals surface area contributed by atoms with Gasteiger partial charge in [-0.2, -0.15) is 0 Å². The summed E-state index contributed by atoms with van der Waals surface area (Å²) in [6.45, 7) is 0. The highest BCUT2D eigenvalue weighted by Gasteiger charge is 2.02. The van der Waals surface area contributed by atoms with E-state index in [0.717, 1.165) is 4.90 Å². The van der Waals surface area contributed by atoms with Crippen LogP contribution in [-0.2, 0) is 0 Å². The summed E-state index contributed by atoms with van der Waals surface area (Å²) in [5, 5.41) is 0.662. The third-order valence-electron chi connectivity index (χ3n) is 1.30. The zero-order valence-corrected chi connectivity index (χ0v) is 7.95. The Morgan fingerprint density at radius 2 is 2.33 bits per heavy atom. The van der Waals surface area contributed by atoms with E-state index in [1.807, 2.05) is 12.1 Å². The summed E-state index contributed by atoms with van der Waals surface area (Å²) in [6.07, 6.45) is 5.12. The van der Waals surface area contributed by atoms with Gasteiger partial charge in [-0.1, -0.05) is 23.6 Å². The van der Waals surface area contributed by atoms with Crippen LogP contribution < -0.4 is 5.73 Å². The number of halogens is 1. The van der Waals surface area contributed by atoms with Crippen molar-refractivity contribution in [2.75, 3.05) is 11.5 Å². The van der Waals surface area contributed by atoms with Crippen LogP contribution in [-0.4, -0.2) is 5.75 Å². The second-order valence-corrected chi connectivity index (χ2v) is 3.54. The lowest BCUT2D eigenvalue weighted by atomic mass is 10.3. The minimum absolute atomic E-state index is 0.591. The number of nitrogens with two attached hydrogens (primary N) is 1. The monoisotopic (exact) mass is 197 g/mol. The molecule has 62 valence electrons. The van der Waals surface area contributed by atoms with E-state index in [9.17, 15) is 0 Å². The average molecular weight is 198 g/mol. The Bertz CT molecular complexity index is 297. The van der Waals surface area contributed by atoms with Gasteiger partial charge in [0.25, 0.3) is 0 Å². The number of thioether (sulfide) groups is 1. The van der Waals surface area contributed by atoms with Crippen molar-refractivity contribution in [3.8, 4) is 12.3 Å². The van der Waals surface area contributed by atoms with Crippen LogP contribution in [0.1, 0.15) is 0 Å². The van der Waals surface area contributed by atoms with Gasteiger partial charge in [0.15, 0.2) is 0 Å². The van der Waals surface area contributed by atoms with Crippen molar-refractivity contribution in [1.29, 1.82) is 0 Å². The first-order chi connectivity index (χ1) is 5.75. The molecule has 2 N–H and O–H groups in total. The molecular formula is C9H8ClNS. The lowest BCUT2D eigenvalue weighted by Gasteiger charge is -2.04. The molecule has 0 saturated heterocycles. The minimum Gasteiger partial charge on any atom is -0.398 e. The Labute approximate surface area is 81.3 Å². The Hall–Kier alpha value is -0.780. The summed E-state index contributed by atoms with van der Waals surface area (Å²) in [5.74, 6) is 3.11. The van der Waals surface area contributed by atoms with E-state index in [2.05, 4.69) is 5.92 Å². The fraction of sp³-hybridized carbons (Fsp3) is 0.111. The molecule has 1 nitrogen and oxygen atoms in total. The van der Waals surface area contributed by atoms with Gasteiger partial charge >= 0.3 is 0 Å². The lowest BCUT2D eigenvalue weighted by molar-refractivity contribution is 1.46. The molecule has 0 bridgehead atoms. The van der Waals surface area contributed by atoms with E-state index in [-0.39, 0.29) is 0 Å². The first kappa shape index (κ1) is 9.31. The van der Waals surface area contributed by atoms with Crippen molar-refractivity contribution < 1.29 is 0 Å². The molecule has 0 fully saturated rings. The molecule has 1 aromatic carbocycles. The molecule has 0 aromatic heterocycles. The number of hydrogen-bond donors (Lipinski definition) is 1. The predicted molar refractivity (Wildman–Crippen MR) is 55.4 cm³/mol. The van der Waals surface area contributed by atoms with E-state index < -0.39 is 0 Å². The Kier molecular flexibility index (Phi) is 3.33. The van der Waals surface area contributed by atoms with Crippen LogP contribution in [0.15, 0.2) is 23.1 Å². The van der Waals surface area contributed by atoms with Crippen LogP contribution in [0.3, 0.4) is 0 Å². The molecular weight excluding hydrogens is 190 g/mol. The number of hydrogen-bond acceptors (Lipinski definition) is 2. The van der Waals surface area contributed by atoms with Crippen molar-refractivity contribution >= 4 is 29.1 Å². The molecule has 1 rings (SSSR count). The summed E-state index contributed by atoms with van der Waals surface area (Å²) < 4.78 is 0. The molecule has 0 amide bonds. The van der Waals surface area contributed by atoms with Crippen molar-refractivity contribution in [2.24, 2.45) is 0 Å². The van der Waals surface area contributed by atoms with Gasteiger partial charge < -0.3 is 5.73 Å². The molecule has 0 heterocycles. The highest BCUT2D eigenvalue weighted by Crippen LogP contribution is 2.31. The minimum atomic E-state index is 0.591. The van der Waals surface area contributed by atoms with Crippen LogP contribution in [0.5, 0.6) is 0 Å². The molecule has 0 aliphatic rings. The maximum Gasteiger partial charge on any atom is 0.0593 e. The molecule has 0 aliphatic heterocycles.